The molecule has 0 saturated carbocycles. The highest BCUT2D eigenvalue weighted by Gasteiger charge is 2.09. The van der Waals surface area contributed by atoms with Crippen molar-refractivity contribution < 1.29 is 14.0 Å². The van der Waals surface area contributed by atoms with Gasteiger partial charge >= 0.3 is 0 Å². The molecule has 1 aromatic carbocycles. The van der Waals surface area contributed by atoms with Crippen LogP contribution in [-0.2, 0) is 9.59 Å². The molecule has 0 radical (unpaired) electrons. The summed E-state index contributed by atoms with van der Waals surface area (Å²) >= 11 is 0. The van der Waals surface area contributed by atoms with Crippen LogP contribution in [0.2, 0.25) is 0 Å². The molecule has 0 aliphatic heterocycles. The number of fused-ring (bicyclic) bond motifs is 1. The largest absolute Gasteiger partial charge is 0.462 e. The van der Waals surface area contributed by atoms with Crippen LogP contribution in [0.3, 0.4) is 0 Å². The molecule has 17 heavy (non-hydrogen) atoms. The Kier molecular flexibility index (Phi) is 3.23. The van der Waals surface area contributed by atoms with Crippen LogP contribution in [-0.4, -0.2) is 11.7 Å². The summed E-state index contributed by atoms with van der Waals surface area (Å²) < 4.78 is 5.29. The fourth-order valence-electron chi connectivity index (χ4n) is 1.58. The van der Waals surface area contributed by atoms with Gasteiger partial charge in [0.2, 0.25) is 5.91 Å². The summed E-state index contributed by atoms with van der Waals surface area (Å²) in [6.45, 7) is 1.47. The Morgan fingerprint density at radius 2 is 2.00 bits per heavy atom. The number of anilines is 1. The normalized spacial score (nSPS) is 10.4. The highest BCUT2D eigenvalue weighted by Crippen LogP contribution is 2.25. The SMILES string of the molecule is CC(=O)CCC(=O)Nc1coc2ccccc12. The summed E-state index contributed by atoms with van der Waals surface area (Å²) in [6, 6.07) is 7.45. The van der Waals surface area contributed by atoms with Gasteiger partial charge in [0.05, 0.1) is 5.69 Å². The van der Waals surface area contributed by atoms with Crippen molar-refractivity contribution in [1.82, 2.24) is 0 Å². The van der Waals surface area contributed by atoms with Crippen molar-refractivity contribution in [2.24, 2.45) is 0 Å². The monoisotopic (exact) mass is 231 g/mol. The van der Waals surface area contributed by atoms with E-state index in [1.807, 2.05) is 24.3 Å². The number of carbonyl (C=O) groups excluding carboxylic acids is 2. The van der Waals surface area contributed by atoms with E-state index in [4.69, 9.17) is 4.42 Å². The minimum absolute atomic E-state index is 0.0113. The van der Waals surface area contributed by atoms with E-state index in [-0.39, 0.29) is 24.5 Å². The first kappa shape index (κ1) is 11.4. The Hall–Kier alpha value is -2.10. The zero-order valence-corrected chi connectivity index (χ0v) is 9.53. The molecule has 0 saturated heterocycles. The minimum Gasteiger partial charge on any atom is -0.462 e. The lowest BCUT2D eigenvalue weighted by atomic mass is 10.2. The Labute approximate surface area is 98.6 Å². The number of carbonyl (C=O) groups is 2. The van der Waals surface area contributed by atoms with E-state index in [0.717, 1.165) is 11.0 Å². The maximum atomic E-state index is 11.6. The first-order valence-corrected chi connectivity index (χ1v) is 5.42. The van der Waals surface area contributed by atoms with Crippen molar-refractivity contribution >= 4 is 28.3 Å². The second kappa shape index (κ2) is 4.82. The van der Waals surface area contributed by atoms with Crippen molar-refractivity contribution in [3.05, 3.63) is 30.5 Å². The molecule has 1 amide bonds. The van der Waals surface area contributed by atoms with Gasteiger partial charge in [0.25, 0.3) is 0 Å². The van der Waals surface area contributed by atoms with E-state index in [2.05, 4.69) is 5.32 Å². The second-order valence-electron chi connectivity index (χ2n) is 3.90. The number of para-hydroxylation sites is 1. The fraction of sp³-hybridized carbons (Fsp3) is 0.231. The van der Waals surface area contributed by atoms with Gasteiger partial charge in [0, 0.05) is 18.2 Å². The van der Waals surface area contributed by atoms with E-state index >= 15 is 0 Å². The molecule has 0 unspecified atom stereocenters. The molecule has 0 fully saturated rings. The first-order valence-electron chi connectivity index (χ1n) is 5.42. The molecule has 1 heterocycles. The van der Waals surface area contributed by atoms with Crippen molar-refractivity contribution in [1.29, 1.82) is 0 Å². The van der Waals surface area contributed by atoms with Gasteiger partial charge in [0.15, 0.2) is 0 Å². The molecule has 0 spiro atoms. The number of Topliss-reactive ketones (excluding diaryl/α,β-unsaturated/α-hetero) is 1. The summed E-state index contributed by atoms with van der Waals surface area (Å²) in [7, 11) is 0. The number of hydrogen-bond donors (Lipinski definition) is 1. The highest BCUT2D eigenvalue weighted by molar-refractivity contribution is 6.01. The number of nitrogens with one attached hydrogen (secondary N) is 1. The smallest absolute Gasteiger partial charge is 0.224 e. The Morgan fingerprint density at radius 1 is 1.24 bits per heavy atom. The van der Waals surface area contributed by atoms with E-state index < -0.39 is 0 Å². The Bertz CT molecular complexity index is 557. The van der Waals surface area contributed by atoms with Crippen LogP contribution in [0.1, 0.15) is 19.8 Å². The molecule has 1 N–H and O–H groups in total. The molecule has 2 aromatic rings. The molecular formula is C13H13NO3. The average molecular weight is 231 g/mol. The van der Waals surface area contributed by atoms with Gasteiger partial charge in [-0.3, -0.25) is 4.79 Å². The van der Waals surface area contributed by atoms with Crippen LogP contribution in [0.5, 0.6) is 0 Å². The molecule has 4 nitrogen and oxygen atoms in total. The highest BCUT2D eigenvalue weighted by atomic mass is 16.3. The summed E-state index contributed by atoms with van der Waals surface area (Å²) in [5, 5.41) is 3.60. The number of rotatable bonds is 4. The average Bonchev–Trinajstić information content (AvgIpc) is 2.70. The van der Waals surface area contributed by atoms with Gasteiger partial charge in [-0.1, -0.05) is 12.1 Å². The van der Waals surface area contributed by atoms with Crippen LogP contribution in [0.15, 0.2) is 34.9 Å². The van der Waals surface area contributed by atoms with Crippen LogP contribution in [0.4, 0.5) is 5.69 Å². The maximum Gasteiger partial charge on any atom is 0.224 e. The second-order valence-corrected chi connectivity index (χ2v) is 3.90. The zero-order valence-electron chi connectivity index (χ0n) is 9.53. The molecule has 1 aromatic heterocycles. The van der Waals surface area contributed by atoms with Crippen molar-refractivity contribution in [2.75, 3.05) is 5.32 Å². The molecule has 0 atom stereocenters. The quantitative estimate of drug-likeness (QED) is 0.880. The first-order chi connectivity index (χ1) is 8.16. The van der Waals surface area contributed by atoms with Gasteiger partial charge in [-0.05, 0) is 19.1 Å². The minimum atomic E-state index is -0.174. The molecular weight excluding hydrogens is 218 g/mol. The summed E-state index contributed by atoms with van der Waals surface area (Å²) in [5.74, 6) is -0.163. The van der Waals surface area contributed by atoms with Gasteiger partial charge in [-0.15, -0.1) is 0 Å². The maximum absolute atomic E-state index is 11.6. The fourth-order valence-corrected chi connectivity index (χ4v) is 1.58. The third-order valence-electron chi connectivity index (χ3n) is 2.46. The van der Waals surface area contributed by atoms with Crippen molar-refractivity contribution in [3.63, 3.8) is 0 Å². The van der Waals surface area contributed by atoms with E-state index in [1.165, 1.54) is 13.2 Å². The zero-order chi connectivity index (χ0) is 12.3. The standard InChI is InChI=1S/C13H13NO3/c1-9(15)6-7-13(16)14-11-8-17-12-5-3-2-4-10(11)12/h2-5,8H,6-7H2,1H3,(H,14,16). The van der Waals surface area contributed by atoms with Crippen LogP contribution in [0.25, 0.3) is 11.0 Å². The van der Waals surface area contributed by atoms with E-state index in [1.54, 1.807) is 0 Å². The predicted molar refractivity (Wildman–Crippen MR) is 64.8 cm³/mol. The number of furan rings is 1. The lowest BCUT2D eigenvalue weighted by molar-refractivity contribution is -0.121. The molecule has 0 aliphatic carbocycles. The third-order valence-corrected chi connectivity index (χ3v) is 2.46. The van der Waals surface area contributed by atoms with Crippen molar-refractivity contribution in [3.8, 4) is 0 Å². The molecule has 88 valence electrons. The lowest BCUT2D eigenvalue weighted by Crippen LogP contribution is -2.12. The number of benzene rings is 1. The Morgan fingerprint density at radius 3 is 2.76 bits per heavy atom. The van der Waals surface area contributed by atoms with Crippen molar-refractivity contribution in [2.45, 2.75) is 19.8 Å². The predicted octanol–water partition coefficient (Wildman–Crippen LogP) is 2.74. The molecule has 0 aliphatic rings. The van der Waals surface area contributed by atoms with Gasteiger partial charge in [-0.25, -0.2) is 0 Å². The van der Waals surface area contributed by atoms with E-state index in [0.29, 0.717) is 5.69 Å². The summed E-state index contributed by atoms with van der Waals surface area (Å²) in [4.78, 5) is 22.3. The molecule has 4 heteroatoms. The van der Waals surface area contributed by atoms with Gasteiger partial charge in [0.1, 0.15) is 17.6 Å². The van der Waals surface area contributed by atoms with Gasteiger partial charge < -0.3 is 14.5 Å². The van der Waals surface area contributed by atoms with Crippen LogP contribution < -0.4 is 5.32 Å². The summed E-state index contributed by atoms with van der Waals surface area (Å²) in [5.41, 5.74) is 1.38. The molecule has 0 bridgehead atoms. The van der Waals surface area contributed by atoms with Crippen LogP contribution >= 0.6 is 0 Å². The topological polar surface area (TPSA) is 59.3 Å². The summed E-state index contributed by atoms with van der Waals surface area (Å²) in [6.07, 6.45) is 1.98. The lowest BCUT2D eigenvalue weighted by Gasteiger charge is -2.01. The number of ketones is 1. The number of hydrogen-bond acceptors (Lipinski definition) is 3. The van der Waals surface area contributed by atoms with Gasteiger partial charge in [-0.2, -0.15) is 0 Å². The number of amides is 1. The van der Waals surface area contributed by atoms with Crippen LogP contribution in [0, 0.1) is 0 Å². The molecule has 2 rings (SSSR count). The Balaban J connectivity index is 2.08. The third kappa shape index (κ3) is 2.72. The van der Waals surface area contributed by atoms with E-state index in [9.17, 15) is 9.59 Å².